The van der Waals surface area contributed by atoms with Gasteiger partial charge in [0, 0.05) is 61.6 Å². The number of hydrogen-bond donors (Lipinski definition) is 3. The Bertz CT molecular complexity index is 1660. The van der Waals surface area contributed by atoms with Crippen LogP contribution in [0.3, 0.4) is 0 Å². The van der Waals surface area contributed by atoms with Crippen LogP contribution in [-0.2, 0) is 15.7 Å². The molecule has 232 valence electrons. The van der Waals surface area contributed by atoms with Crippen molar-refractivity contribution in [2.75, 3.05) is 61.7 Å². The number of piperazine rings is 1. The number of likely N-dealkylation sites (N-methyl/N-ethyl adjacent to an activating group) is 1. The molecule has 11 nitrogen and oxygen atoms in total. The number of nitrogens with one attached hydrogen (secondary N) is 3. The molecule has 1 fully saturated rings. The fourth-order valence-corrected chi connectivity index (χ4v) is 5.03. The van der Waals surface area contributed by atoms with Gasteiger partial charge in [0.15, 0.2) is 5.82 Å². The number of alkyl halides is 3. The van der Waals surface area contributed by atoms with E-state index in [1.165, 1.54) is 13.4 Å². The highest BCUT2D eigenvalue weighted by molar-refractivity contribution is 5.77. The van der Waals surface area contributed by atoms with Crippen molar-refractivity contribution in [2.24, 2.45) is 0 Å². The molecule has 3 N–H and O–H groups in total. The molecule has 2 aromatic heterocycles. The molecule has 0 spiro atoms. The minimum atomic E-state index is -4.56. The zero-order chi connectivity index (χ0) is 31.6. The molecule has 1 aliphatic heterocycles. The zero-order valence-corrected chi connectivity index (χ0v) is 25.0. The number of nitrogens with zero attached hydrogens (tertiary/aromatic N) is 6. The van der Waals surface area contributed by atoms with Crippen LogP contribution in [-0.4, -0.2) is 77.5 Å². The lowest BCUT2D eigenvalue weighted by Crippen LogP contribution is -2.55. The summed E-state index contributed by atoms with van der Waals surface area (Å²) in [5, 5.41) is 14.1. The molecule has 3 heterocycles. The Balaban J connectivity index is 1.44. The van der Waals surface area contributed by atoms with Crippen LogP contribution in [0, 0.1) is 13.8 Å². The molecule has 0 radical (unpaired) electrons. The van der Waals surface area contributed by atoms with Crippen LogP contribution in [0.5, 0.6) is 0 Å². The van der Waals surface area contributed by atoms with E-state index < -0.39 is 23.8 Å². The molecule has 0 amide bonds. The van der Waals surface area contributed by atoms with Gasteiger partial charge in [-0.25, -0.2) is 9.97 Å². The number of hydrogen-bond acceptors (Lipinski definition) is 10. The smallest absolute Gasteiger partial charge is 0.416 e. The highest BCUT2D eigenvalue weighted by Crippen LogP contribution is 2.36. The molecule has 1 atom stereocenters. The zero-order valence-electron chi connectivity index (χ0n) is 25.0. The third-order valence-electron chi connectivity index (χ3n) is 7.48. The van der Waals surface area contributed by atoms with E-state index in [2.05, 4.69) is 31.0 Å². The van der Waals surface area contributed by atoms with Crippen LogP contribution in [0.1, 0.15) is 16.8 Å². The summed E-state index contributed by atoms with van der Waals surface area (Å²) in [7, 11) is 4.86. The van der Waals surface area contributed by atoms with Crippen molar-refractivity contribution in [3.63, 3.8) is 0 Å². The molecule has 2 aromatic carbocycles. The lowest BCUT2D eigenvalue weighted by atomic mass is 10.1. The standard InChI is InChI=1S/C30H34F3N9O2/c1-18-6-7-21(14-24(18)38-28-10-19(2)39-42(28)27-15-26(34-3)35-17-36-27)37-22-11-20(30(31,32)33)12-23(13-22)41-9-8-40(4)25(16-41)29(43)44-5/h6-7,10-15,17,25,37-38H,8-9,16H2,1-5H3,(H,34,35,36). The maximum atomic E-state index is 14.0. The van der Waals surface area contributed by atoms with Gasteiger partial charge < -0.3 is 25.6 Å². The van der Waals surface area contributed by atoms with Gasteiger partial charge in [0.1, 0.15) is 24.0 Å². The lowest BCUT2D eigenvalue weighted by molar-refractivity contribution is -0.146. The van der Waals surface area contributed by atoms with Gasteiger partial charge in [-0.3, -0.25) is 9.69 Å². The van der Waals surface area contributed by atoms with Crippen molar-refractivity contribution in [2.45, 2.75) is 26.1 Å². The van der Waals surface area contributed by atoms with Gasteiger partial charge in [-0.05, 0) is 56.8 Å². The van der Waals surface area contributed by atoms with E-state index in [0.29, 0.717) is 41.9 Å². The molecular weight excluding hydrogens is 575 g/mol. The van der Waals surface area contributed by atoms with Gasteiger partial charge >= 0.3 is 12.1 Å². The Hall–Kier alpha value is -4.85. The Morgan fingerprint density at radius 1 is 1.00 bits per heavy atom. The first-order valence-electron chi connectivity index (χ1n) is 13.9. The van der Waals surface area contributed by atoms with Crippen molar-refractivity contribution in [3.8, 4) is 5.82 Å². The number of methoxy groups -OCH3 is 1. The monoisotopic (exact) mass is 609 g/mol. The number of aryl methyl sites for hydroxylation is 2. The minimum absolute atomic E-state index is 0.206. The summed E-state index contributed by atoms with van der Waals surface area (Å²) in [5.41, 5.74) is 2.82. The molecule has 4 aromatic rings. The third kappa shape index (κ3) is 6.70. The Labute approximate surface area is 253 Å². The van der Waals surface area contributed by atoms with Gasteiger partial charge in [-0.2, -0.15) is 23.0 Å². The molecule has 0 aliphatic carbocycles. The third-order valence-corrected chi connectivity index (χ3v) is 7.48. The van der Waals surface area contributed by atoms with Crippen LogP contribution in [0.2, 0.25) is 0 Å². The van der Waals surface area contributed by atoms with Gasteiger partial charge in [-0.15, -0.1) is 0 Å². The summed E-state index contributed by atoms with van der Waals surface area (Å²) >= 11 is 0. The molecule has 14 heteroatoms. The van der Waals surface area contributed by atoms with Gasteiger partial charge in [0.2, 0.25) is 0 Å². The van der Waals surface area contributed by atoms with E-state index >= 15 is 0 Å². The number of halogens is 3. The van der Waals surface area contributed by atoms with Crippen LogP contribution in [0.15, 0.2) is 54.9 Å². The molecule has 1 saturated heterocycles. The van der Waals surface area contributed by atoms with Gasteiger partial charge in [0.25, 0.3) is 0 Å². The van der Waals surface area contributed by atoms with Crippen LogP contribution >= 0.6 is 0 Å². The van der Waals surface area contributed by atoms with Crippen molar-refractivity contribution >= 4 is 40.4 Å². The first kappa shape index (κ1) is 30.6. The van der Waals surface area contributed by atoms with Crippen molar-refractivity contribution in [1.29, 1.82) is 0 Å². The number of rotatable bonds is 8. The number of esters is 1. The lowest BCUT2D eigenvalue weighted by Gasteiger charge is -2.39. The number of benzene rings is 2. The van der Waals surface area contributed by atoms with E-state index in [4.69, 9.17) is 4.74 Å². The van der Waals surface area contributed by atoms with Crippen LogP contribution in [0.25, 0.3) is 5.82 Å². The predicted molar refractivity (Wildman–Crippen MR) is 163 cm³/mol. The fourth-order valence-electron chi connectivity index (χ4n) is 5.03. The summed E-state index contributed by atoms with van der Waals surface area (Å²) in [6, 6.07) is 12.4. The van der Waals surface area contributed by atoms with Crippen molar-refractivity contribution in [1.82, 2.24) is 24.6 Å². The Morgan fingerprint density at radius 2 is 1.80 bits per heavy atom. The first-order valence-corrected chi connectivity index (χ1v) is 13.9. The summed E-state index contributed by atoms with van der Waals surface area (Å²) in [4.78, 5) is 24.4. The van der Waals surface area contributed by atoms with Crippen LogP contribution < -0.4 is 20.9 Å². The maximum Gasteiger partial charge on any atom is 0.416 e. The quantitative estimate of drug-likeness (QED) is 0.233. The topological polar surface area (TPSA) is 112 Å². The number of carbonyl (C=O) groups is 1. The van der Waals surface area contributed by atoms with Crippen LogP contribution in [0.4, 0.5) is 47.6 Å². The number of carbonyl (C=O) groups excluding carboxylic acids is 1. The van der Waals surface area contributed by atoms with Gasteiger partial charge in [-0.1, -0.05) is 6.07 Å². The normalized spacial score (nSPS) is 15.6. The van der Waals surface area contributed by atoms with E-state index in [1.54, 1.807) is 41.9 Å². The first-order chi connectivity index (χ1) is 20.9. The van der Waals surface area contributed by atoms with E-state index in [0.717, 1.165) is 29.1 Å². The highest BCUT2D eigenvalue weighted by Gasteiger charge is 2.34. The second kappa shape index (κ2) is 12.4. The molecule has 1 unspecified atom stereocenters. The molecule has 5 rings (SSSR count). The minimum Gasteiger partial charge on any atom is -0.468 e. The van der Waals surface area contributed by atoms with E-state index in [1.807, 2.05) is 36.9 Å². The van der Waals surface area contributed by atoms with E-state index in [9.17, 15) is 18.0 Å². The molecular formula is C30H34F3N9O2. The summed E-state index contributed by atoms with van der Waals surface area (Å²) in [6.07, 6.45) is -3.12. The highest BCUT2D eigenvalue weighted by atomic mass is 19.4. The van der Waals surface area contributed by atoms with E-state index in [-0.39, 0.29) is 12.2 Å². The second-order valence-electron chi connectivity index (χ2n) is 10.6. The van der Waals surface area contributed by atoms with Crippen molar-refractivity contribution in [3.05, 3.63) is 71.7 Å². The average molecular weight is 610 g/mol. The Morgan fingerprint density at radius 3 is 2.52 bits per heavy atom. The predicted octanol–water partition coefficient (Wildman–Crippen LogP) is 5.12. The summed E-state index contributed by atoms with van der Waals surface area (Å²) in [6.45, 7) is 4.95. The maximum absolute atomic E-state index is 14.0. The number of aromatic nitrogens is 4. The summed E-state index contributed by atoms with van der Waals surface area (Å²) < 4.78 is 48.6. The number of anilines is 6. The Kier molecular flexibility index (Phi) is 8.63. The SMILES string of the molecule is CNc1cc(-n2nc(C)cc2Nc2cc(Nc3cc(N4CCN(C)C(C(=O)OC)C4)cc(C(F)(F)F)c3)ccc2C)ncn1. The average Bonchev–Trinajstić information content (AvgIpc) is 3.37. The summed E-state index contributed by atoms with van der Waals surface area (Å²) in [5.74, 6) is 1.41. The number of ether oxygens (including phenoxy) is 1. The second-order valence-corrected chi connectivity index (χ2v) is 10.6. The molecule has 0 saturated carbocycles. The fraction of sp³-hybridized carbons (Fsp3) is 0.333. The van der Waals surface area contributed by atoms with Crippen molar-refractivity contribution < 1.29 is 22.7 Å². The molecule has 0 bridgehead atoms. The van der Waals surface area contributed by atoms with Gasteiger partial charge in [0.05, 0.1) is 18.4 Å². The largest absolute Gasteiger partial charge is 0.468 e. The molecule has 44 heavy (non-hydrogen) atoms. The molecule has 1 aliphatic rings.